The second kappa shape index (κ2) is 6.62. The first kappa shape index (κ1) is 16.7. The number of carboxylic acids is 1. The molecule has 0 saturated heterocycles. The van der Waals surface area contributed by atoms with E-state index >= 15 is 0 Å². The fourth-order valence-electron chi connectivity index (χ4n) is 1.98. The van der Waals surface area contributed by atoms with Gasteiger partial charge in [-0.25, -0.2) is 8.42 Å². The maximum absolute atomic E-state index is 12.1. The van der Waals surface area contributed by atoms with Gasteiger partial charge < -0.3 is 15.2 Å². The average Bonchev–Trinajstić information content (AvgIpc) is 2.46. The van der Waals surface area contributed by atoms with Crippen molar-refractivity contribution in [3.8, 4) is 0 Å². The number of sulfone groups is 1. The van der Waals surface area contributed by atoms with Gasteiger partial charge in [-0.05, 0) is 35.4 Å². The van der Waals surface area contributed by atoms with Gasteiger partial charge in [0.25, 0.3) is 5.91 Å². The van der Waals surface area contributed by atoms with Gasteiger partial charge in [-0.2, -0.15) is 0 Å². The summed E-state index contributed by atoms with van der Waals surface area (Å²) in [6.45, 7) is 0. The average molecular weight is 332 g/mol. The lowest BCUT2D eigenvalue weighted by Gasteiger charge is -2.08. The van der Waals surface area contributed by atoms with Gasteiger partial charge in [0.1, 0.15) is 0 Å². The van der Waals surface area contributed by atoms with Crippen molar-refractivity contribution in [1.82, 2.24) is 0 Å². The first-order valence-electron chi connectivity index (χ1n) is 6.64. The molecule has 0 aliphatic carbocycles. The van der Waals surface area contributed by atoms with Crippen LogP contribution in [0.25, 0.3) is 0 Å². The normalized spacial score (nSPS) is 11.0. The van der Waals surface area contributed by atoms with Gasteiger partial charge in [0.15, 0.2) is 9.84 Å². The lowest BCUT2D eigenvalue weighted by molar-refractivity contribution is -0.255. The molecule has 0 heterocycles. The fraction of sp³-hybridized carbons (Fsp3) is 0.125. The van der Waals surface area contributed by atoms with Crippen LogP contribution in [0.2, 0.25) is 0 Å². The maximum Gasteiger partial charge on any atom is 0.255 e. The second-order valence-corrected chi connectivity index (χ2v) is 7.23. The quantitative estimate of drug-likeness (QED) is 0.874. The summed E-state index contributed by atoms with van der Waals surface area (Å²) >= 11 is 0. The summed E-state index contributed by atoms with van der Waals surface area (Å²) in [7, 11) is -3.13. The zero-order chi connectivity index (χ0) is 17.0. The van der Waals surface area contributed by atoms with Crippen molar-refractivity contribution in [2.75, 3.05) is 11.6 Å². The molecule has 0 saturated carbocycles. The summed E-state index contributed by atoms with van der Waals surface area (Å²) in [6.07, 6.45) is 1.14. The number of amides is 1. The third-order valence-electron chi connectivity index (χ3n) is 3.00. The van der Waals surface area contributed by atoms with Crippen LogP contribution in [0.1, 0.15) is 26.3 Å². The standard InChI is InChI=1S/C16H15NO5S/c1-23(21,22)10-11-5-7-12(8-6-11)15(18)17-14-4-2-3-13(9-14)16(19)20/h2-9H,10H2,1H3,(H,17,18)(H,19,20)/p-1. The van der Waals surface area contributed by atoms with E-state index in [4.69, 9.17) is 0 Å². The van der Waals surface area contributed by atoms with Crippen molar-refractivity contribution in [3.05, 3.63) is 65.2 Å². The first-order chi connectivity index (χ1) is 10.7. The zero-order valence-electron chi connectivity index (χ0n) is 12.3. The van der Waals surface area contributed by atoms with Crippen molar-refractivity contribution in [2.45, 2.75) is 5.75 Å². The van der Waals surface area contributed by atoms with Crippen LogP contribution in [0.4, 0.5) is 5.69 Å². The van der Waals surface area contributed by atoms with Gasteiger partial charge in [0.2, 0.25) is 0 Å². The molecule has 1 N–H and O–H groups in total. The van der Waals surface area contributed by atoms with E-state index in [2.05, 4.69) is 5.32 Å². The molecular formula is C16H14NO5S-. The van der Waals surface area contributed by atoms with Gasteiger partial charge in [-0.3, -0.25) is 4.79 Å². The summed E-state index contributed by atoms with van der Waals surface area (Å²) in [4.78, 5) is 22.9. The largest absolute Gasteiger partial charge is 0.545 e. The maximum atomic E-state index is 12.1. The highest BCUT2D eigenvalue weighted by atomic mass is 32.2. The van der Waals surface area contributed by atoms with Gasteiger partial charge in [0, 0.05) is 17.5 Å². The molecule has 2 aromatic rings. The van der Waals surface area contributed by atoms with Crippen molar-refractivity contribution in [1.29, 1.82) is 0 Å². The Morgan fingerprint density at radius 1 is 1.04 bits per heavy atom. The van der Waals surface area contributed by atoms with Gasteiger partial charge in [-0.15, -0.1) is 0 Å². The van der Waals surface area contributed by atoms with E-state index in [0.29, 0.717) is 16.8 Å². The van der Waals surface area contributed by atoms with Crippen LogP contribution < -0.4 is 10.4 Å². The molecule has 7 heteroatoms. The number of aromatic carboxylic acids is 1. The van der Waals surface area contributed by atoms with Gasteiger partial charge in [-0.1, -0.05) is 24.3 Å². The SMILES string of the molecule is CS(=O)(=O)Cc1ccc(C(=O)Nc2cccc(C(=O)[O-])c2)cc1. The van der Waals surface area contributed by atoms with Crippen LogP contribution in [0.15, 0.2) is 48.5 Å². The van der Waals surface area contributed by atoms with Crippen LogP contribution in [-0.2, 0) is 15.6 Å². The summed E-state index contributed by atoms with van der Waals surface area (Å²) in [5.41, 5.74) is 1.22. The van der Waals surface area contributed by atoms with E-state index in [9.17, 15) is 23.1 Å². The number of carboxylic acid groups (broad SMARTS) is 1. The molecule has 2 aromatic carbocycles. The predicted molar refractivity (Wildman–Crippen MR) is 83.7 cm³/mol. The Labute approximate surface area is 133 Å². The third-order valence-corrected chi connectivity index (χ3v) is 3.86. The highest BCUT2D eigenvalue weighted by Gasteiger charge is 2.09. The topological polar surface area (TPSA) is 103 Å². The lowest BCUT2D eigenvalue weighted by Crippen LogP contribution is -2.22. The minimum Gasteiger partial charge on any atom is -0.545 e. The lowest BCUT2D eigenvalue weighted by atomic mass is 10.1. The molecule has 120 valence electrons. The Hall–Kier alpha value is -2.67. The fourth-order valence-corrected chi connectivity index (χ4v) is 2.78. The highest BCUT2D eigenvalue weighted by Crippen LogP contribution is 2.13. The molecule has 0 radical (unpaired) electrons. The van der Waals surface area contributed by atoms with Crippen molar-refractivity contribution >= 4 is 27.4 Å². The number of nitrogens with one attached hydrogen (secondary N) is 1. The summed E-state index contributed by atoms with van der Waals surface area (Å²) in [6, 6.07) is 11.9. The zero-order valence-corrected chi connectivity index (χ0v) is 13.1. The number of rotatable bonds is 5. The van der Waals surface area contributed by atoms with Gasteiger partial charge in [0.05, 0.1) is 11.7 Å². The second-order valence-electron chi connectivity index (χ2n) is 5.09. The minimum absolute atomic E-state index is 0.0358. The summed E-state index contributed by atoms with van der Waals surface area (Å²) in [5.74, 6) is -1.85. The van der Waals surface area contributed by atoms with Crippen LogP contribution in [0, 0.1) is 0 Å². The van der Waals surface area contributed by atoms with E-state index < -0.39 is 21.7 Å². The van der Waals surface area contributed by atoms with E-state index in [-0.39, 0.29) is 11.3 Å². The molecule has 1 amide bonds. The van der Waals surface area contributed by atoms with Crippen LogP contribution in [0.3, 0.4) is 0 Å². The Morgan fingerprint density at radius 3 is 2.26 bits per heavy atom. The van der Waals surface area contributed by atoms with E-state index in [1.54, 1.807) is 18.2 Å². The Kier molecular flexibility index (Phi) is 4.80. The Bertz CT molecular complexity index is 841. The number of carbonyl (C=O) groups is 2. The molecule has 0 aliphatic heterocycles. The number of hydrogen-bond donors (Lipinski definition) is 1. The number of benzene rings is 2. The molecular weight excluding hydrogens is 318 g/mol. The minimum atomic E-state index is -3.13. The molecule has 23 heavy (non-hydrogen) atoms. The summed E-state index contributed by atoms with van der Waals surface area (Å²) < 4.78 is 22.4. The Balaban J connectivity index is 2.12. The number of hydrogen-bond acceptors (Lipinski definition) is 5. The third kappa shape index (κ3) is 4.93. The van der Waals surface area contributed by atoms with Crippen molar-refractivity contribution < 1.29 is 23.1 Å². The van der Waals surface area contributed by atoms with E-state index in [0.717, 1.165) is 6.26 Å². The van der Waals surface area contributed by atoms with Crippen molar-refractivity contribution in [2.24, 2.45) is 0 Å². The molecule has 0 atom stereocenters. The molecule has 0 aromatic heterocycles. The van der Waals surface area contributed by atoms with Crippen molar-refractivity contribution in [3.63, 3.8) is 0 Å². The first-order valence-corrected chi connectivity index (χ1v) is 8.70. The highest BCUT2D eigenvalue weighted by molar-refractivity contribution is 7.89. The molecule has 6 nitrogen and oxygen atoms in total. The molecule has 0 spiro atoms. The predicted octanol–water partition coefficient (Wildman–Crippen LogP) is 0.847. The van der Waals surface area contributed by atoms with E-state index in [1.807, 2.05) is 0 Å². The smallest absolute Gasteiger partial charge is 0.255 e. The van der Waals surface area contributed by atoms with Crippen LogP contribution >= 0.6 is 0 Å². The van der Waals surface area contributed by atoms with Crippen LogP contribution in [-0.4, -0.2) is 26.6 Å². The van der Waals surface area contributed by atoms with E-state index in [1.165, 1.54) is 30.3 Å². The monoisotopic (exact) mass is 332 g/mol. The molecule has 0 aliphatic rings. The summed E-state index contributed by atoms with van der Waals surface area (Å²) in [5, 5.41) is 13.4. The molecule has 2 rings (SSSR count). The molecule has 0 bridgehead atoms. The Morgan fingerprint density at radius 2 is 1.70 bits per heavy atom. The number of carbonyl (C=O) groups excluding carboxylic acids is 2. The number of anilines is 1. The van der Waals surface area contributed by atoms with Crippen LogP contribution in [0.5, 0.6) is 0 Å². The van der Waals surface area contributed by atoms with Gasteiger partial charge >= 0.3 is 0 Å². The molecule has 0 fully saturated rings. The molecule has 0 unspecified atom stereocenters.